The van der Waals surface area contributed by atoms with Crippen molar-refractivity contribution in [2.75, 3.05) is 0 Å². The van der Waals surface area contributed by atoms with Gasteiger partial charge in [-0.2, -0.15) is 0 Å². The lowest BCUT2D eigenvalue weighted by Crippen LogP contribution is -2.24. The van der Waals surface area contributed by atoms with E-state index in [1.165, 1.54) is 11.1 Å². The first kappa shape index (κ1) is 13.8. The molecule has 19 heavy (non-hydrogen) atoms. The molecule has 1 N–H and O–H groups in total. The van der Waals surface area contributed by atoms with Crippen LogP contribution in [0.15, 0.2) is 42.5 Å². The Kier molecular flexibility index (Phi) is 3.77. The van der Waals surface area contributed by atoms with Crippen LogP contribution in [0, 0.1) is 13.8 Å². The molecule has 0 fully saturated rings. The van der Waals surface area contributed by atoms with Crippen molar-refractivity contribution in [3.05, 3.63) is 70.3 Å². The maximum Gasteiger partial charge on any atom is 0.112 e. The summed E-state index contributed by atoms with van der Waals surface area (Å²) in [4.78, 5) is 0. The number of hydrogen-bond donors (Lipinski definition) is 1. The van der Waals surface area contributed by atoms with Gasteiger partial charge in [-0.1, -0.05) is 55.0 Å². The lowest BCUT2D eigenvalue weighted by molar-refractivity contribution is 0.101. The van der Waals surface area contributed by atoms with Gasteiger partial charge in [0.15, 0.2) is 0 Å². The molecule has 0 aliphatic carbocycles. The van der Waals surface area contributed by atoms with E-state index >= 15 is 0 Å². The molecule has 1 unspecified atom stereocenters. The fourth-order valence-corrected chi connectivity index (χ4v) is 2.48. The van der Waals surface area contributed by atoms with Crippen molar-refractivity contribution in [1.82, 2.24) is 0 Å². The van der Waals surface area contributed by atoms with Crippen molar-refractivity contribution >= 4 is 0 Å². The Bertz CT molecular complexity index is 565. The summed E-state index contributed by atoms with van der Waals surface area (Å²) in [6.07, 6.45) is 1.02. The van der Waals surface area contributed by atoms with E-state index in [0.717, 1.165) is 23.1 Å². The van der Waals surface area contributed by atoms with E-state index in [0.29, 0.717) is 0 Å². The standard InChI is InChI=1S/C18H22O/c1-5-15-8-10-16(11-9-15)18(4,19)17-12-13(2)6-7-14(17)3/h6-12,19H,5H2,1-4H3. The van der Waals surface area contributed by atoms with Crippen molar-refractivity contribution in [2.24, 2.45) is 0 Å². The van der Waals surface area contributed by atoms with Gasteiger partial charge in [-0.05, 0) is 49.4 Å². The molecule has 2 aromatic carbocycles. The summed E-state index contributed by atoms with van der Waals surface area (Å²) in [6.45, 7) is 8.11. The highest BCUT2D eigenvalue weighted by Crippen LogP contribution is 2.32. The molecule has 100 valence electrons. The first-order valence-electron chi connectivity index (χ1n) is 6.84. The third-order valence-electron chi connectivity index (χ3n) is 3.84. The van der Waals surface area contributed by atoms with Crippen LogP contribution in [-0.2, 0) is 12.0 Å². The first-order valence-corrected chi connectivity index (χ1v) is 6.84. The van der Waals surface area contributed by atoms with Gasteiger partial charge in [-0.25, -0.2) is 0 Å². The molecule has 1 nitrogen and oxygen atoms in total. The molecule has 2 aromatic rings. The quantitative estimate of drug-likeness (QED) is 0.873. The van der Waals surface area contributed by atoms with Crippen LogP contribution in [0.4, 0.5) is 0 Å². The molecule has 1 atom stereocenters. The summed E-state index contributed by atoms with van der Waals surface area (Å²) >= 11 is 0. The highest BCUT2D eigenvalue weighted by molar-refractivity contribution is 5.42. The predicted octanol–water partition coefficient (Wildman–Crippen LogP) is 4.12. The third-order valence-corrected chi connectivity index (χ3v) is 3.84. The maximum atomic E-state index is 10.9. The monoisotopic (exact) mass is 254 g/mol. The SMILES string of the molecule is CCc1ccc(C(C)(O)c2cc(C)ccc2C)cc1. The van der Waals surface area contributed by atoms with Gasteiger partial charge < -0.3 is 5.11 Å². The molecule has 0 amide bonds. The Morgan fingerprint density at radius 3 is 2.21 bits per heavy atom. The Hall–Kier alpha value is -1.60. The van der Waals surface area contributed by atoms with E-state index in [-0.39, 0.29) is 0 Å². The minimum Gasteiger partial charge on any atom is -0.381 e. The van der Waals surface area contributed by atoms with E-state index in [1.807, 2.05) is 26.0 Å². The van der Waals surface area contributed by atoms with Crippen molar-refractivity contribution in [3.8, 4) is 0 Å². The van der Waals surface area contributed by atoms with Crippen molar-refractivity contribution < 1.29 is 5.11 Å². The van der Waals surface area contributed by atoms with Crippen LogP contribution in [0.3, 0.4) is 0 Å². The van der Waals surface area contributed by atoms with Gasteiger partial charge in [-0.3, -0.25) is 0 Å². The molecule has 2 rings (SSSR count). The van der Waals surface area contributed by atoms with Gasteiger partial charge in [0.05, 0.1) is 0 Å². The maximum absolute atomic E-state index is 10.9. The molecule has 0 bridgehead atoms. The van der Waals surface area contributed by atoms with Gasteiger partial charge in [0, 0.05) is 0 Å². The lowest BCUT2D eigenvalue weighted by atomic mass is 9.84. The van der Waals surface area contributed by atoms with Crippen molar-refractivity contribution in [2.45, 2.75) is 39.7 Å². The summed E-state index contributed by atoms with van der Waals surface area (Å²) in [7, 11) is 0. The van der Waals surface area contributed by atoms with E-state index in [9.17, 15) is 5.11 Å². The van der Waals surface area contributed by atoms with Crippen LogP contribution >= 0.6 is 0 Å². The Morgan fingerprint density at radius 2 is 1.63 bits per heavy atom. The first-order chi connectivity index (χ1) is 8.95. The molecular weight excluding hydrogens is 232 g/mol. The minimum atomic E-state index is -0.942. The Labute approximate surface area is 115 Å². The summed E-state index contributed by atoms with van der Waals surface area (Å²) in [6, 6.07) is 14.5. The summed E-state index contributed by atoms with van der Waals surface area (Å²) < 4.78 is 0. The van der Waals surface area contributed by atoms with E-state index in [4.69, 9.17) is 0 Å². The fraction of sp³-hybridized carbons (Fsp3) is 0.333. The second-order valence-corrected chi connectivity index (χ2v) is 5.44. The van der Waals surface area contributed by atoms with Crippen molar-refractivity contribution in [1.29, 1.82) is 0 Å². The van der Waals surface area contributed by atoms with Gasteiger partial charge in [-0.15, -0.1) is 0 Å². The van der Waals surface area contributed by atoms with Gasteiger partial charge in [0.1, 0.15) is 5.60 Å². The molecule has 0 saturated carbocycles. The molecule has 0 radical (unpaired) electrons. The smallest absolute Gasteiger partial charge is 0.112 e. The van der Waals surface area contributed by atoms with Crippen molar-refractivity contribution in [3.63, 3.8) is 0 Å². The zero-order valence-electron chi connectivity index (χ0n) is 12.2. The van der Waals surface area contributed by atoms with Gasteiger partial charge in [0.25, 0.3) is 0 Å². The highest BCUT2D eigenvalue weighted by Gasteiger charge is 2.27. The topological polar surface area (TPSA) is 20.2 Å². The second kappa shape index (κ2) is 5.18. The molecule has 0 spiro atoms. The van der Waals surface area contributed by atoms with Gasteiger partial charge in [0.2, 0.25) is 0 Å². The lowest BCUT2D eigenvalue weighted by Gasteiger charge is -2.27. The van der Waals surface area contributed by atoms with Crippen LogP contribution in [-0.4, -0.2) is 5.11 Å². The zero-order chi connectivity index (χ0) is 14.0. The van der Waals surface area contributed by atoms with Crippen LogP contribution in [0.2, 0.25) is 0 Å². The number of benzene rings is 2. The third kappa shape index (κ3) is 2.71. The molecule has 0 aliphatic heterocycles. The molecule has 0 heterocycles. The Balaban J connectivity index is 2.48. The highest BCUT2D eigenvalue weighted by atomic mass is 16.3. The van der Waals surface area contributed by atoms with E-state index < -0.39 is 5.60 Å². The number of aryl methyl sites for hydroxylation is 3. The fourth-order valence-electron chi connectivity index (χ4n) is 2.48. The van der Waals surface area contributed by atoms with Crippen LogP contribution in [0.1, 0.15) is 41.7 Å². The second-order valence-electron chi connectivity index (χ2n) is 5.44. The predicted molar refractivity (Wildman–Crippen MR) is 80.4 cm³/mol. The molecule has 0 aromatic heterocycles. The molecule has 0 saturated heterocycles. The number of aliphatic hydroxyl groups is 1. The average Bonchev–Trinajstić information content (AvgIpc) is 2.41. The summed E-state index contributed by atoms with van der Waals surface area (Å²) in [5, 5.41) is 10.9. The molecule has 1 heteroatoms. The summed E-state index contributed by atoms with van der Waals surface area (Å²) in [5.74, 6) is 0. The normalized spacial score (nSPS) is 14.2. The minimum absolute atomic E-state index is 0.942. The Morgan fingerprint density at radius 1 is 1.00 bits per heavy atom. The zero-order valence-corrected chi connectivity index (χ0v) is 12.2. The van der Waals surface area contributed by atoms with E-state index in [1.54, 1.807) is 0 Å². The van der Waals surface area contributed by atoms with E-state index in [2.05, 4.69) is 44.2 Å². The van der Waals surface area contributed by atoms with Crippen LogP contribution in [0.5, 0.6) is 0 Å². The molecule has 0 aliphatic rings. The number of rotatable bonds is 3. The van der Waals surface area contributed by atoms with Crippen LogP contribution in [0.25, 0.3) is 0 Å². The largest absolute Gasteiger partial charge is 0.381 e. The molecular formula is C18H22O. The number of hydrogen-bond acceptors (Lipinski definition) is 1. The average molecular weight is 254 g/mol. The van der Waals surface area contributed by atoms with Crippen LogP contribution < -0.4 is 0 Å². The summed E-state index contributed by atoms with van der Waals surface area (Å²) in [5.41, 5.74) is 4.57. The van der Waals surface area contributed by atoms with Gasteiger partial charge >= 0.3 is 0 Å².